The molecule has 0 aromatic carbocycles. The Morgan fingerprint density at radius 2 is 1.58 bits per heavy atom. The van der Waals surface area contributed by atoms with Crippen LogP contribution < -0.4 is 0 Å². The molecule has 0 N–H and O–H groups in total. The van der Waals surface area contributed by atoms with Gasteiger partial charge in [0.2, 0.25) is 0 Å². The van der Waals surface area contributed by atoms with Crippen LogP contribution in [0.15, 0.2) is 0 Å². The van der Waals surface area contributed by atoms with Crippen molar-refractivity contribution in [1.82, 2.24) is 9.80 Å². The fraction of sp³-hybridized carbons (Fsp3) is 1.00. The zero-order valence-corrected chi connectivity index (χ0v) is 16.8. The van der Waals surface area contributed by atoms with Gasteiger partial charge < -0.3 is 14.2 Å². The molecule has 0 spiro atoms. The smallest absolute Gasteiger partial charge is 0.0646 e. The normalized spacial score (nSPS) is 31.4. The van der Waals surface area contributed by atoms with Crippen LogP contribution in [0.2, 0.25) is 0 Å². The number of morpholine rings is 2. The minimum absolute atomic E-state index is 0.00466. The summed E-state index contributed by atoms with van der Waals surface area (Å²) in [6, 6.07) is 1.20. The maximum absolute atomic E-state index is 6.21. The van der Waals surface area contributed by atoms with Crippen molar-refractivity contribution >= 4 is 0 Å². The third-order valence-electron chi connectivity index (χ3n) is 5.22. The standard InChI is InChI=1S/C19H38N2O3/c1-15-10-23-11-16(2)21(15)19(6,7)14-24-13-17-12-22-9-8-20(17)18(3,4)5/h15-17H,8-14H2,1-7H3. The van der Waals surface area contributed by atoms with E-state index in [4.69, 9.17) is 14.2 Å². The van der Waals surface area contributed by atoms with Gasteiger partial charge in [0.25, 0.3) is 0 Å². The largest absolute Gasteiger partial charge is 0.378 e. The number of ether oxygens (including phenoxy) is 3. The Morgan fingerprint density at radius 3 is 2.17 bits per heavy atom. The molecule has 2 saturated heterocycles. The highest BCUT2D eigenvalue weighted by Gasteiger charge is 2.38. The maximum atomic E-state index is 6.21. The number of rotatable bonds is 5. The first-order chi connectivity index (χ1) is 11.1. The van der Waals surface area contributed by atoms with Gasteiger partial charge in [-0.1, -0.05) is 0 Å². The lowest BCUT2D eigenvalue weighted by atomic mass is 9.97. The molecule has 0 amide bonds. The molecule has 0 radical (unpaired) electrons. The van der Waals surface area contributed by atoms with Gasteiger partial charge in [0.15, 0.2) is 0 Å². The minimum atomic E-state index is 0.00466. The van der Waals surface area contributed by atoms with E-state index in [0.717, 1.165) is 46.2 Å². The molecule has 2 fully saturated rings. The van der Waals surface area contributed by atoms with Crippen LogP contribution in [-0.4, -0.2) is 85.2 Å². The second-order valence-electron chi connectivity index (χ2n) is 9.06. The van der Waals surface area contributed by atoms with Crippen molar-refractivity contribution in [2.24, 2.45) is 0 Å². The average molecular weight is 343 g/mol. The first-order valence-electron chi connectivity index (χ1n) is 9.41. The molecule has 0 aliphatic carbocycles. The van der Waals surface area contributed by atoms with Crippen molar-refractivity contribution in [3.8, 4) is 0 Å². The van der Waals surface area contributed by atoms with Crippen LogP contribution in [0.1, 0.15) is 48.5 Å². The van der Waals surface area contributed by atoms with Crippen LogP contribution in [0, 0.1) is 0 Å². The van der Waals surface area contributed by atoms with E-state index >= 15 is 0 Å². The third-order valence-corrected chi connectivity index (χ3v) is 5.22. The molecule has 3 unspecified atom stereocenters. The molecule has 0 aromatic rings. The summed E-state index contributed by atoms with van der Waals surface area (Å²) in [4.78, 5) is 5.07. The fourth-order valence-electron chi connectivity index (χ4n) is 4.39. The predicted molar refractivity (Wildman–Crippen MR) is 97.5 cm³/mol. The molecule has 24 heavy (non-hydrogen) atoms. The lowest BCUT2D eigenvalue weighted by Crippen LogP contribution is -2.61. The Bertz CT molecular complexity index is 385. The van der Waals surface area contributed by atoms with Crippen molar-refractivity contribution < 1.29 is 14.2 Å². The van der Waals surface area contributed by atoms with E-state index in [1.165, 1.54) is 0 Å². The zero-order valence-electron chi connectivity index (χ0n) is 16.8. The van der Waals surface area contributed by atoms with Crippen molar-refractivity contribution in [3.05, 3.63) is 0 Å². The summed E-state index contributed by atoms with van der Waals surface area (Å²) in [5.41, 5.74) is 0.158. The van der Waals surface area contributed by atoms with E-state index in [9.17, 15) is 0 Å². The summed E-state index contributed by atoms with van der Waals surface area (Å²) in [5, 5.41) is 0. The van der Waals surface area contributed by atoms with Crippen molar-refractivity contribution in [2.45, 2.75) is 77.7 Å². The van der Waals surface area contributed by atoms with Crippen molar-refractivity contribution in [3.63, 3.8) is 0 Å². The third kappa shape index (κ3) is 4.92. The minimum Gasteiger partial charge on any atom is -0.378 e. The highest BCUT2D eigenvalue weighted by Crippen LogP contribution is 2.26. The van der Waals surface area contributed by atoms with E-state index in [-0.39, 0.29) is 11.1 Å². The zero-order chi connectivity index (χ0) is 18.0. The quantitative estimate of drug-likeness (QED) is 0.766. The van der Waals surface area contributed by atoms with E-state index < -0.39 is 0 Å². The molecule has 3 atom stereocenters. The van der Waals surface area contributed by atoms with E-state index in [2.05, 4.69) is 58.3 Å². The van der Waals surface area contributed by atoms with Crippen LogP contribution in [0.25, 0.3) is 0 Å². The van der Waals surface area contributed by atoms with Gasteiger partial charge in [0, 0.05) is 29.7 Å². The first kappa shape index (κ1) is 20.1. The highest BCUT2D eigenvalue weighted by atomic mass is 16.5. The molecule has 0 aromatic heterocycles. The number of hydrogen-bond acceptors (Lipinski definition) is 5. The SMILES string of the molecule is CC1COCC(C)N1C(C)(C)COCC1COCCN1C(C)(C)C. The van der Waals surface area contributed by atoms with Crippen LogP contribution in [0.5, 0.6) is 0 Å². The Labute approximate surface area is 148 Å². The molecular formula is C19H38N2O3. The summed E-state index contributed by atoms with van der Waals surface area (Å²) in [5.74, 6) is 0. The summed E-state index contributed by atoms with van der Waals surface area (Å²) in [6.07, 6.45) is 0. The summed E-state index contributed by atoms with van der Waals surface area (Å²) in [6.45, 7) is 21.5. The summed E-state index contributed by atoms with van der Waals surface area (Å²) >= 11 is 0. The molecule has 142 valence electrons. The van der Waals surface area contributed by atoms with Gasteiger partial charge in [-0.05, 0) is 48.5 Å². The van der Waals surface area contributed by atoms with E-state index in [0.29, 0.717) is 18.1 Å². The molecule has 2 heterocycles. The lowest BCUT2D eigenvalue weighted by Gasteiger charge is -2.49. The predicted octanol–water partition coefficient (Wildman–Crippen LogP) is 2.39. The van der Waals surface area contributed by atoms with Crippen LogP contribution in [0.4, 0.5) is 0 Å². The Hall–Kier alpha value is -0.200. The van der Waals surface area contributed by atoms with Crippen LogP contribution >= 0.6 is 0 Å². The van der Waals surface area contributed by atoms with Gasteiger partial charge in [-0.3, -0.25) is 9.80 Å². The maximum Gasteiger partial charge on any atom is 0.0646 e. The van der Waals surface area contributed by atoms with Gasteiger partial charge >= 0.3 is 0 Å². The Kier molecular flexibility index (Phi) is 6.71. The fourth-order valence-corrected chi connectivity index (χ4v) is 4.39. The van der Waals surface area contributed by atoms with E-state index in [1.54, 1.807) is 0 Å². The molecule has 0 saturated carbocycles. The molecule has 2 rings (SSSR count). The monoisotopic (exact) mass is 342 g/mol. The number of nitrogens with zero attached hydrogens (tertiary/aromatic N) is 2. The lowest BCUT2D eigenvalue weighted by molar-refractivity contribution is -0.119. The topological polar surface area (TPSA) is 34.2 Å². The Morgan fingerprint density at radius 1 is 0.958 bits per heavy atom. The Balaban J connectivity index is 1.89. The van der Waals surface area contributed by atoms with Crippen LogP contribution in [0.3, 0.4) is 0 Å². The molecule has 2 aliphatic rings. The molecule has 5 nitrogen and oxygen atoms in total. The summed E-state index contributed by atoms with van der Waals surface area (Å²) < 4.78 is 17.6. The van der Waals surface area contributed by atoms with Gasteiger partial charge in [0.05, 0.1) is 45.7 Å². The van der Waals surface area contributed by atoms with Crippen molar-refractivity contribution in [2.75, 3.05) is 46.2 Å². The molecule has 5 heteroatoms. The van der Waals surface area contributed by atoms with Crippen molar-refractivity contribution in [1.29, 1.82) is 0 Å². The summed E-state index contributed by atoms with van der Waals surface area (Å²) in [7, 11) is 0. The van der Waals surface area contributed by atoms with Gasteiger partial charge in [0.1, 0.15) is 0 Å². The first-order valence-corrected chi connectivity index (χ1v) is 9.41. The van der Waals surface area contributed by atoms with Gasteiger partial charge in [-0.15, -0.1) is 0 Å². The molecule has 2 aliphatic heterocycles. The van der Waals surface area contributed by atoms with Gasteiger partial charge in [-0.2, -0.15) is 0 Å². The highest BCUT2D eigenvalue weighted by molar-refractivity contribution is 4.91. The second-order valence-corrected chi connectivity index (χ2v) is 9.06. The number of hydrogen-bond donors (Lipinski definition) is 0. The van der Waals surface area contributed by atoms with E-state index in [1.807, 2.05) is 0 Å². The second kappa shape index (κ2) is 8.00. The average Bonchev–Trinajstić information content (AvgIpc) is 2.46. The molecule has 0 bridgehead atoms. The molecular weight excluding hydrogens is 304 g/mol. The van der Waals surface area contributed by atoms with Crippen LogP contribution in [-0.2, 0) is 14.2 Å². The van der Waals surface area contributed by atoms with Gasteiger partial charge in [-0.25, -0.2) is 0 Å².